The number of ether oxygens (including phenoxy) is 3. The van der Waals surface area contributed by atoms with Crippen molar-refractivity contribution in [1.82, 2.24) is 0 Å². The van der Waals surface area contributed by atoms with Crippen molar-refractivity contribution in [1.29, 1.82) is 0 Å². The van der Waals surface area contributed by atoms with Crippen LogP contribution < -0.4 is 9.47 Å². The van der Waals surface area contributed by atoms with Gasteiger partial charge in [0.25, 0.3) is 0 Å². The Morgan fingerprint density at radius 2 is 2.25 bits per heavy atom. The number of carbonyl (C=O) groups is 1. The van der Waals surface area contributed by atoms with Gasteiger partial charge in [-0.25, -0.2) is 0 Å². The Morgan fingerprint density at radius 3 is 3.00 bits per heavy atom. The summed E-state index contributed by atoms with van der Waals surface area (Å²) in [6.45, 7) is 2.96. The zero-order chi connectivity index (χ0) is 14.4. The molecule has 0 saturated heterocycles. The predicted molar refractivity (Wildman–Crippen MR) is 76.1 cm³/mol. The van der Waals surface area contributed by atoms with Gasteiger partial charge in [-0.1, -0.05) is 19.1 Å². The molecule has 1 aliphatic rings. The van der Waals surface area contributed by atoms with E-state index in [9.17, 15) is 4.79 Å². The predicted octanol–water partition coefficient (Wildman–Crippen LogP) is 2.76. The van der Waals surface area contributed by atoms with E-state index in [1.165, 1.54) is 0 Å². The smallest absolute Gasteiger partial charge is 0.309 e. The van der Waals surface area contributed by atoms with E-state index in [2.05, 4.69) is 6.92 Å². The highest BCUT2D eigenvalue weighted by Gasteiger charge is 2.14. The first kappa shape index (κ1) is 14.4. The van der Waals surface area contributed by atoms with Crippen molar-refractivity contribution in [2.45, 2.75) is 19.8 Å². The third-order valence-electron chi connectivity index (χ3n) is 3.25. The summed E-state index contributed by atoms with van der Waals surface area (Å²) in [6, 6.07) is 5.79. The molecule has 108 valence electrons. The van der Waals surface area contributed by atoms with Gasteiger partial charge >= 0.3 is 5.97 Å². The maximum absolute atomic E-state index is 11.1. The van der Waals surface area contributed by atoms with Crippen molar-refractivity contribution in [2.24, 2.45) is 5.92 Å². The average Bonchev–Trinajstić information content (AvgIpc) is 2.69. The minimum Gasteiger partial charge on any atom is -0.497 e. The van der Waals surface area contributed by atoms with E-state index in [0.717, 1.165) is 23.5 Å². The fourth-order valence-electron chi connectivity index (χ4n) is 2.07. The van der Waals surface area contributed by atoms with Crippen LogP contribution in [0.3, 0.4) is 0 Å². The molecule has 1 aromatic rings. The molecule has 0 N–H and O–H groups in total. The number of cyclic esters (lactones) is 1. The van der Waals surface area contributed by atoms with Crippen LogP contribution >= 0.6 is 0 Å². The van der Waals surface area contributed by atoms with E-state index < -0.39 is 0 Å². The van der Waals surface area contributed by atoms with Crippen LogP contribution in [0.4, 0.5) is 0 Å². The number of methoxy groups -OCH3 is 1. The third kappa shape index (κ3) is 3.76. The Morgan fingerprint density at radius 1 is 1.40 bits per heavy atom. The Bertz CT molecular complexity index is 493. The van der Waals surface area contributed by atoms with Gasteiger partial charge in [0.1, 0.15) is 18.1 Å². The molecule has 4 heteroatoms. The second-order valence-corrected chi connectivity index (χ2v) is 4.71. The number of hydrogen-bond donors (Lipinski definition) is 0. The molecule has 0 bridgehead atoms. The van der Waals surface area contributed by atoms with Crippen molar-refractivity contribution < 1.29 is 19.0 Å². The van der Waals surface area contributed by atoms with E-state index in [-0.39, 0.29) is 11.9 Å². The Labute approximate surface area is 119 Å². The maximum atomic E-state index is 11.1. The van der Waals surface area contributed by atoms with Gasteiger partial charge in [-0.3, -0.25) is 4.79 Å². The van der Waals surface area contributed by atoms with E-state index >= 15 is 0 Å². The highest BCUT2D eigenvalue weighted by molar-refractivity contribution is 5.71. The third-order valence-corrected chi connectivity index (χ3v) is 3.25. The molecule has 0 spiro atoms. The lowest BCUT2D eigenvalue weighted by Gasteiger charge is -2.15. The Hall–Kier alpha value is -1.97. The van der Waals surface area contributed by atoms with Gasteiger partial charge in [0.15, 0.2) is 0 Å². The summed E-state index contributed by atoms with van der Waals surface area (Å²) in [6.07, 6.45) is 5.05. The minimum absolute atomic E-state index is 0.105. The van der Waals surface area contributed by atoms with Crippen molar-refractivity contribution in [2.75, 3.05) is 20.3 Å². The number of hydrogen-bond acceptors (Lipinski definition) is 4. The fourth-order valence-corrected chi connectivity index (χ4v) is 2.07. The van der Waals surface area contributed by atoms with Crippen LogP contribution in [0.2, 0.25) is 0 Å². The van der Waals surface area contributed by atoms with Crippen LogP contribution in [0.5, 0.6) is 11.5 Å². The Balaban J connectivity index is 1.98. The standard InChI is InChI=1S/C16H20O4/c1-3-13-9-14(18-2)7-8-15(13)19-10-12-5-4-6-16(17)20-11-12/h4-5,7-9,12H,3,6,10-11H2,1-2H3. The topological polar surface area (TPSA) is 44.8 Å². The van der Waals surface area contributed by atoms with Crippen molar-refractivity contribution in [3.05, 3.63) is 35.9 Å². The highest BCUT2D eigenvalue weighted by Crippen LogP contribution is 2.25. The van der Waals surface area contributed by atoms with Crippen LogP contribution in [0.15, 0.2) is 30.4 Å². The monoisotopic (exact) mass is 276 g/mol. The lowest BCUT2D eigenvalue weighted by atomic mass is 10.1. The lowest BCUT2D eigenvalue weighted by molar-refractivity contribution is -0.143. The molecule has 1 aromatic carbocycles. The van der Waals surface area contributed by atoms with Gasteiger partial charge in [-0.2, -0.15) is 0 Å². The molecule has 1 aliphatic heterocycles. The zero-order valence-corrected chi connectivity index (χ0v) is 11.9. The number of aryl methyl sites for hydroxylation is 1. The summed E-state index contributed by atoms with van der Waals surface area (Å²) in [7, 11) is 1.65. The van der Waals surface area contributed by atoms with Crippen molar-refractivity contribution in [3.63, 3.8) is 0 Å². The maximum Gasteiger partial charge on any atom is 0.309 e. The minimum atomic E-state index is -0.178. The summed E-state index contributed by atoms with van der Waals surface area (Å²) >= 11 is 0. The Kier molecular flexibility index (Phi) is 5.04. The summed E-state index contributed by atoms with van der Waals surface area (Å²) < 4.78 is 16.2. The highest BCUT2D eigenvalue weighted by atomic mass is 16.5. The summed E-state index contributed by atoms with van der Waals surface area (Å²) in [5.74, 6) is 1.62. The zero-order valence-electron chi connectivity index (χ0n) is 11.9. The molecule has 20 heavy (non-hydrogen) atoms. The van der Waals surface area contributed by atoms with Gasteiger partial charge in [-0.15, -0.1) is 0 Å². The largest absolute Gasteiger partial charge is 0.497 e. The second kappa shape index (κ2) is 6.98. The summed E-state index contributed by atoms with van der Waals surface area (Å²) in [5.41, 5.74) is 1.11. The van der Waals surface area contributed by atoms with E-state index in [1.807, 2.05) is 30.4 Å². The van der Waals surface area contributed by atoms with Gasteiger partial charge in [0.05, 0.1) is 20.1 Å². The van der Waals surface area contributed by atoms with Gasteiger partial charge in [0, 0.05) is 5.92 Å². The van der Waals surface area contributed by atoms with E-state index in [0.29, 0.717) is 19.6 Å². The first-order valence-corrected chi connectivity index (χ1v) is 6.85. The average molecular weight is 276 g/mol. The second-order valence-electron chi connectivity index (χ2n) is 4.71. The summed E-state index contributed by atoms with van der Waals surface area (Å²) in [4.78, 5) is 11.1. The normalized spacial score (nSPS) is 18.3. The lowest BCUT2D eigenvalue weighted by Crippen LogP contribution is -2.17. The summed E-state index contributed by atoms with van der Waals surface area (Å²) in [5, 5.41) is 0. The van der Waals surface area contributed by atoms with E-state index in [4.69, 9.17) is 14.2 Å². The van der Waals surface area contributed by atoms with Crippen LogP contribution in [-0.2, 0) is 16.0 Å². The molecule has 2 rings (SSSR count). The fraction of sp³-hybridized carbons (Fsp3) is 0.438. The molecule has 1 unspecified atom stereocenters. The number of carbonyl (C=O) groups excluding carboxylic acids is 1. The van der Waals surface area contributed by atoms with Gasteiger partial charge < -0.3 is 14.2 Å². The number of rotatable bonds is 5. The SMILES string of the molecule is CCc1cc(OC)ccc1OCC1C=CCC(=O)OC1. The molecule has 0 radical (unpaired) electrons. The quantitative estimate of drug-likeness (QED) is 0.613. The molecular formula is C16H20O4. The van der Waals surface area contributed by atoms with Crippen LogP contribution in [-0.4, -0.2) is 26.3 Å². The molecule has 0 aliphatic carbocycles. The molecular weight excluding hydrogens is 256 g/mol. The van der Waals surface area contributed by atoms with Crippen molar-refractivity contribution >= 4 is 5.97 Å². The first-order valence-electron chi connectivity index (χ1n) is 6.85. The van der Waals surface area contributed by atoms with Gasteiger partial charge in [-0.05, 0) is 30.2 Å². The molecule has 1 heterocycles. The van der Waals surface area contributed by atoms with Crippen LogP contribution in [0, 0.1) is 5.92 Å². The van der Waals surface area contributed by atoms with Crippen molar-refractivity contribution in [3.8, 4) is 11.5 Å². The molecule has 0 amide bonds. The van der Waals surface area contributed by atoms with Crippen LogP contribution in [0.25, 0.3) is 0 Å². The molecule has 0 aromatic heterocycles. The molecule has 4 nitrogen and oxygen atoms in total. The number of benzene rings is 1. The number of esters is 1. The van der Waals surface area contributed by atoms with E-state index in [1.54, 1.807) is 7.11 Å². The molecule has 1 atom stereocenters. The van der Waals surface area contributed by atoms with Crippen LogP contribution in [0.1, 0.15) is 18.9 Å². The molecule has 0 fully saturated rings. The first-order chi connectivity index (χ1) is 9.72. The molecule has 0 saturated carbocycles. The van der Waals surface area contributed by atoms with Gasteiger partial charge in [0.2, 0.25) is 0 Å².